The van der Waals surface area contributed by atoms with Crippen LogP contribution in [-0.4, -0.2) is 31.9 Å². The van der Waals surface area contributed by atoms with E-state index < -0.39 is 12.0 Å². The van der Waals surface area contributed by atoms with Gasteiger partial charge in [0.2, 0.25) is 0 Å². The van der Waals surface area contributed by atoms with Gasteiger partial charge in [-0.05, 0) is 6.92 Å². The lowest BCUT2D eigenvalue weighted by Gasteiger charge is -2.18. The summed E-state index contributed by atoms with van der Waals surface area (Å²) in [7, 11) is 2.91. The molecule has 1 aromatic carbocycles. The van der Waals surface area contributed by atoms with Gasteiger partial charge in [-0.3, -0.25) is 4.79 Å². The van der Waals surface area contributed by atoms with Crippen molar-refractivity contribution in [3.63, 3.8) is 0 Å². The molecule has 0 spiro atoms. The normalized spacial score (nSPS) is 11.2. The molecule has 114 valence electrons. The summed E-state index contributed by atoms with van der Waals surface area (Å²) in [4.78, 5) is 11.5. The van der Waals surface area contributed by atoms with Gasteiger partial charge in [-0.15, -0.1) is 12.4 Å². The molecule has 1 aromatic rings. The third-order valence-electron chi connectivity index (χ3n) is 2.59. The molecule has 0 radical (unpaired) electrons. The number of carbonyl (C=O) groups excluding carboxylic acids is 1. The number of carbonyl (C=O) groups is 1. The number of ether oxygens (including phenoxy) is 3. The van der Waals surface area contributed by atoms with Crippen molar-refractivity contribution in [2.75, 3.05) is 20.8 Å². The first kappa shape index (κ1) is 18.3. The second kappa shape index (κ2) is 8.50. The van der Waals surface area contributed by atoms with E-state index in [1.165, 1.54) is 26.4 Å². The van der Waals surface area contributed by atoms with Crippen LogP contribution in [0.1, 0.15) is 24.9 Å². The predicted molar refractivity (Wildman–Crippen MR) is 76.6 cm³/mol. The minimum absolute atomic E-state index is 0. The summed E-state index contributed by atoms with van der Waals surface area (Å²) >= 11 is 0. The molecule has 0 amide bonds. The van der Waals surface area contributed by atoms with Crippen LogP contribution in [0.2, 0.25) is 0 Å². The zero-order valence-electron chi connectivity index (χ0n) is 11.7. The molecular weight excluding hydrogens is 286 g/mol. The summed E-state index contributed by atoms with van der Waals surface area (Å²) in [6.45, 7) is 2.03. The molecule has 0 bridgehead atoms. The Morgan fingerprint density at radius 2 is 1.80 bits per heavy atom. The van der Waals surface area contributed by atoms with Crippen LogP contribution < -0.4 is 15.2 Å². The Balaban J connectivity index is 0.00000361. The predicted octanol–water partition coefficient (Wildman–Crippen LogP) is 1.78. The first-order chi connectivity index (χ1) is 9.03. The van der Waals surface area contributed by atoms with Crippen LogP contribution in [-0.2, 0) is 9.53 Å². The van der Waals surface area contributed by atoms with Gasteiger partial charge in [0.25, 0.3) is 0 Å². The van der Waals surface area contributed by atoms with Gasteiger partial charge in [-0.2, -0.15) is 0 Å². The number of methoxy groups -OCH3 is 2. The third kappa shape index (κ3) is 4.47. The molecule has 6 nitrogen and oxygen atoms in total. The molecule has 0 aliphatic heterocycles. The van der Waals surface area contributed by atoms with Gasteiger partial charge in [0.15, 0.2) is 0 Å². The molecule has 0 heterocycles. The van der Waals surface area contributed by atoms with Crippen molar-refractivity contribution in [2.45, 2.75) is 19.4 Å². The summed E-state index contributed by atoms with van der Waals surface area (Å²) in [6, 6.07) is 2.20. The first-order valence-corrected chi connectivity index (χ1v) is 5.89. The SMILES string of the molecule is CCOC(=O)C[C@@H](N)c1c(OC)cc(O)cc1OC.Cl. The Morgan fingerprint density at radius 1 is 1.30 bits per heavy atom. The number of rotatable bonds is 6. The first-order valence-electron chi connectivity index (χ1n) is 5.89. The van der Waals surface area contributed by atoms with Crippen molar-refractivity contribution >= 4 is 18.4 Å². The highest BCUT2D eigenvalue weighted by Crippen LogP contribution is 2.38. The monoisotopic (exact) mass is 305 g/mol. The lowest BCUT2D eigenvalue weighted by molar-refractivity contribution is -0.143. The van der Waals surface area contributed by atoms with E-state index in [1.54, 1.807) is 6.92 Å². The number of phenols is 1. The number of benzene rings is 1. The van der Waals surface area contributed by atoms with Crippen molar-refractivity contribution < 1.29 is 24.1 Å². The van der Waals surface area contributed by atoms with Gasteiger partial charge in [-0.25, -0.2) is 0 Å². The van der Waals surface area contributed by atoms with Crippen LogP contribution in [0, 0.1) is 0 Å². The minimum Gasteiger partial charge on any atom is -0.508 e. The lowest BCUT2D eigenvalue weighted by atomic mass is 10.0. The molecule has 3 N–H and O–H groups in total. The van der Waals surface area contributed by atoms with Crippen LogP contribution in [0.3, 0.4) is 0 Å². The van der Waals surface area contributed by atoms with Crippen molar-refractivity contribution in [3.05, 3.63) is 17.7 Å². The Bertz CT molecular complexity index is 427. The molecule has 0 saturated heterocycles. The van der Waals surface area contributed by atoms with E-state index in [-0.39, 0.29) is 24.6 Å². The lowest BCUT2D eigenvalue weighted by Crippen LogP contribution is -2.18. The Morgan fingerprint density at radius 3 is 2.20 bits per heavy atom. The summed E-state index contributed by atoms with van der Waals surface area (Å²) < 4.78 is 15.2. The van der Waals surface area contributed by atoms with Gasteiger partial charge < -0.3 is 25.1 Å². The van der Waals surface area contributed by atoms with Gasteiger partial charge in [0, 0.05) is 18.2 Å². The summed E-state index contributed by atoms with van der Waals surface area (Å²) in [5.41, 5.74) is 6.51. The third-order valence-corrected chi connectivity index (χ3v) is 2.59. The Kier molecular flexibility index (Phi) is 7.79. The van der Waals surface area contributed by atoms with E-state index in [0.717, 1.165) is 0 Å². The molecule has 0 aliphatic rings. The van der Waals surface area contributed by atoms with E-state index in [2.05, 4.69) is 0 Å². The number of hydrogen-bond acceptors (Lipinski definition) is 6. The van der Waals surface area contributed by atoms with E-state index in [1.807, 2.05) is 0 Å². The Labute approximate surface area is 124 Å². The summed E-state index contributed by atoms with van der Waals surface area (Å²) in [5, 5.41) is 9.54. The molecule has 0 unspecified atom stereocenters. The molecule has 0 fully saturated rings. The van der Waals surface area contributed by atoms with Crippen molar-refractivity contribution in [2.24, 2.45) is 5.73 Å². The zero-order chi connectivity index (χ0) is 14.4. The van der Waals surface area contributed by atoms with E-state index in [0.29, 0.717) is 23.7 Å². The van der Waals surface area contributed by atoms with Crippen molar-refractivity contribution in [1.82, 2.24) is 0 Å². The van der Waals surface area contributed by atoms with Crippen LogP contribution in [0.25, 0.3) is 0 Å². The number of nitrogens with two attached hydrogens (primary N) is 1. The van der Waals surface area contributed by atoms with Gasteiger partial charge >= 0.3 is 5.97 Å². The molecular formula is C13H20ClNO5. The molecule has 0 saturated carbocycles. The average molecular weight is 306 g/mol. The number of halogens is 1. The van der Waals surface area contributed by atoms with E-state index in [9.17, 15) is 9.90 Å². The van der Waals surface area contributed by atoms with Crippen LogP contribution in [0.15, 0.2) is 12.1 Å². The minimum atomic E-state index is -0.635. The van der Waals surface area contributed by atoms with Gasteiger partial charge in [0.05, 0.1) is 32.8 Å². The highest BCUT2D eigenvalue weighted by atomic mass is 35.5. The molecule has 20 heavy (non-hydrogen) atoms. The average Bonchev–Trinajstić information content (AvgIpc) is 2.37. The molecule has 0 aromatic heterocycles. The van der Waals surface area contributed by atoms with E-state index in [4.69, 9.17) is 19.9 Å². The molecule has 0 aliphatic carbocycles. The number of phenolic OH excluding ortho intramolecular Hbond substituents is 1. The fourth-order valence-corrected chi connectivity index (χ4v) is 1.79. The summed E-state index contributed by atoms with van der Waals surface area (Å²) in [5.74, 6) is 0.343. The van der Waals surface area contributed by atoms with Crippen LogP contribution in [0.5, 0.6) is 17.2 Å². The molecule has 1 atom stereocenters. The fraction of sp³-hybridized carbons (Fsp3) is 0.462. The summed E-state index contributed by atoms with van der Waals surface area (Å²) in [6.07, 6.45) is 0.00529. The number of aromatic hydroxyl groups is 1. The highest BCUT2D eigenvalue weighted by molar-refractivity contribution is 5.85. The topological polar surface area (TPSA) is 91.0 Å². The number of hydrogen-bond donors (Lipinski definition) is 2. The zero-order valence-corrected chi connectivity index (χ0v) is 12.5. The standard InChI is InChI=1S/C13H19NO5.ClH/c1-4-19-12(16)7-9(14)13-10(17-2)5-8(15)6-11(13)18-3;/h5-6,9,15H,4,7,14H2,1-3H3;1H/t9-;/m1./s1. The van der Waals surface area contributed by atoms with E-state index >= 15 is 0 Å². The fourth-order valence-electron chi connectivity index (χ4n) is 1.79. The molecule has 1 rings (SSSR count). The quantitative estimate of drug-likeness (QED) is 0.779. The Hall–Kier alpha value is -1.66. The maximum atomic E-state index is 11.5. The number of esters is 1. The van der Waals surface area contributed by atoms with Gasteiger partial charge in [-0.1, -0.05) is 0 Å². The van der Waals surface area contributed by atoms with Crippen molar-refractivity contribution in [1.29, 1.82) is 0 Å². The second-order valence-electron chi connectivity index (χ2n) is 3.88. The highest BCUT2D eigenvalue weighted by Gasteiger charge is 2.22. The molecule has 7 heteroatoms. The largest absolute Gasteiger partial charge is 0.508 e. The smallest absolute Gasteiger partial charge is 0.307 e. The van der Waals surface area contributed by atoms with Gasteiger partial charge in [0.1, 0.15) is 17.2 Å². The second-order valence-corrected chi connectivity index (χ2v) is 3.88. The van der Waals surface area contributed by atoms with Crippen LogP contribution in [0.4, 0.5) is 0 Å². The van der Waals surface area contributed by atoms with Crippen LogP contribution >= 0.6 is 12.4 Å². The van der Waals surface area contributed by atoms with Crippen molar-refractivity contribution in [3.8, 4) is 17.2 Å². The maximum Gasteiger partial charge on any atom is 0.307 e. The maximum absolute atomic E-state index is 11.5.